The summed E-state index contributed by atoms with van der Waals surface area (Å²) in [6.45, 7) is 2.19. The highest BCUT2D eigenvalue weighted by Crippen LogP contribution is 2.54. The van der Waals surface area contributed by atoms with Crippen LogP contribution in [0.15, 0.2) is 30.3 Å². The summed E-state index contributed by atoms with van der Waals surface area (Å²) >= 11 is 0. The minimum Gasteiger partial charge on any atom is -0.296 e. The molecule has 1 spiro atoms. The summed E-state index contributed by atoms with van der Waals surface area (Å²) in [6.07, 6.45) is 5.64. The molecule has 1 aromatic carbocycles. The molecule has 1 N–H and O–H groups in total. The van der Waals surface area contributed by atoms with Crippen molar-refractivity contribution in [3.8, 4) is 0 Å². The van der Waals surface area contributed by atoms with E-state index in [4.69, 9.17) is 0 Å². The monoisotopic (exact) mass is 285 g/mol. The molecule has 0 aromatic heterocycles. The summed E-state index contributed by atoms with van der Waals surface area (Å²) in [4.78, 5) is 24.5. The minimum atomic E-state index is -0.107. The van der Waals surface area contributed by atoms with Gasteiger partial charge in [0.15, 0.2) is 0 Å². The van der Waals surface area contributed by atoms with E-state index in [0.717, 1.165) is 32.1 Å². The lowest BCUT2D eigenvalue weighted by atomic mass is 9.61. The van der Waals surface area contributed by atoms with Crippen LogP contribution in [0.25, 0.3) is 0 Å². The Labute approximate surface area is 126 Å². The number of rotatable bonds is 3. The zero-order valence-electron chi connectivity index (χ0n) is 12.6. The zero-order valence-corrected chi connectivity index (χ0v) is 12.6. The van der Waals surface area contributed by atoms with Gasteiger partial charge in [0.25, 0.3) is 0 Å². The maximum atomic E-state index is 12.5. The minimum absolute atomic E-state index is 0.0598. The van der Waals surface area contributed by atoms with Gasteiger partial charge in [-0.15, -0.1) is 0 Å². The lowest BCUT2D eigenvalue weighted by Crippen LogP contribution is -2.54. The van der Waals surface area contributed by atoms with Crippen molar-refractivity contribution in [1.82, 2.24) is 5.32 Å². The van der Waals surface area contributed by atoms with Crippen molar-refractivity contribution in [1.29, 1.82) is 0 Å². The van der Waals surface area contributed by atoms with E-state index < -0.39 is 0 Å². The van der Waals surface area contributed by atoms with Crippen LogP contribution in [0, 0.1) is 17.3 Å². The zero-order chi connectivity index (χ0) is 14.9. The Kier molecular flexibility index (Phi) is 3.83. The fourth-order valence-corrected chi connectivity index (χ4v) is 4.57. The van der Waals surface area contributed by atoms with Crippen LogP contribution in [0.5, 0.6) is 0 Å². The van der Waals surface area contributed by atoms with Crippen LogP contribution in [0.3, 0.4) is 0 Å². The van der Waals surface area contributed by atoms with Gasteiger partial charge in [-0.1, -0.05) is 50.1 Å². The Balaban J connectivity index is 1.93. The highest BCUT2D eigenvalue weighted by Gasteiger charge is 2.54. The van der Waals surface area contributed by atoms with Crippen LogP contribution in [0.2, 0.25) is 0 Å². The van der Waals surface area contributed by atoms with Gasteiger partial charge < -0.3 is 0 Å². The summed E-state index contributed by atoms with van der Waals surface area (Å²) in [5.74, 6) is 0.298. The average molecular weight is 285 g/mol. The smallest absolute Gasteiger partial charge is 0.230 e. The molecule has 1 aromatic rings. The summed E-state index contributed by atoms with van der Waals surface area (Å²) in [5, 5.41) is 2.57. The first-order valence-corrected chi connectivity index (χ1v) is 8.03. The van der Waals surface area contributed by atoms with Crippen LogP contribution in [0.4, 0.5) is 0 Å². The van der Waals surface area contributed by atoms with Crippen LogP contribution in [-0.4, -0.2) is 11.8 Å². The van der Waals surface area contributed by atoms with Gasteiger partial charge in [0.1, 0.15) is 0 Å². The molecule has 2 amide bonds. The van der Waals surface area contributed by atoms with Gasteiger partial charge >= 0.3 is 0 Å². The normalized spacial score (nSPS) is 32.4. The van der Waals surface area contributed by atoms with Crippen LogP contribution in [0.1, 0.15) is 44.6 Å². The molecule has 2 fully saturated rings. The molecule has 3 unspecified atom stereocenters. The molecular weight excluding hydrogens is 262 g/mol. The predicted octanol–water partition coefficient (Wildman–Crippen LogP) is 3.09. The highest BCUT2D eigenvalue weighted by molar-refractivity contribution is 6.00. The Morgan fingerprint density at radius 2 is 2.00 bits per heavy atom. The van der Waals surface area contributed by atoms with Gasteiger partial charge in [-0.25, -0.2) is 0 Å². The summed E-state index contributed by atoms with van der Waals surface area (Å²) in [6, 6.07) is 10.2. The lowest BCUT2D eigenvalue weighted by molar-refractivity contribution is -0.145. The third-order valence-corrected chi connectivity index (χ3v) is 5.55. The highest BCUT2D eigenvalue weighted by atomic mass is 16.2. The molecule has 3 atom stereocenters. The molecule has 3 heteroatoms. The summed E-state index contributed by atoms with van der Waals surface area (Å²) < 4.78 is 0. The molecule has 0 radical (unpaired) electrons. The summed E-state index contributed by atoms with van der Waals surface area (Å²) in [7, 11) is 0. The van der Waals surface area contributed by atoms with Gasteiger partial charge in [0.05, 0.1) is 0 Å². The van der Waals surface area contributed by atoms with Crippen LogP contribution < -0.4 is 5.32 Å². The average Bonchev–Trinajstić information content (AvgIpc) is 2.87. The number of imide groups is 1. The molecule has 1 aliphatic heterocycles. The Bertz CT molecular complexity index is 539. The molecule has 3 nitrogen and oxygen atoms in total. The standard InChI is InChI=1S/C18H23NO2/c1-2-14-9-6-10-18(14)12-16(20)19-17(21)15(18)11-13-7-4-3-5-8-13/h3-5,7-8,14-15H,2,6,9-12H2,1H3,(H,19,20,21). The van der Waals surface area contributed by atoms with E-state index in [-0.39, 0.29) is 23.1 Å². The van der Waals surface area contributed by atoms with Gasteiger partial charge in [-0.2, -0.15) is 0 Å². The quantitative estimate of drug-likeness (QED) is 0.867. The Hall–Kier alpha value is -1.64. The molecular formula is C18H23NO2. The Morgan fingerprint density at radius 1 is 1.24 bits per heavy atom. The first kappa shape index (κ1) is 14.3. The van der Waals surface area contributed by atoms with Crippen molar-refractivity contribution < 1.29 is 9.59 Å². The predicted molar refractivity (Wildman–Crippen MR) is 81.5 cm³/mol. The number of hydrogen-bond donors (Lipinski definition) is 1. The summed E-state index contributed by atoms with van der Waals surface area (Å²) in [5.41, 5.74) is 1.08. The molecule has 112 valence electrons. The molecule has 1 heterocycles. The third kappa shape index (κ3) is 2.50. The van der Waals surface area contributed by atoms with Crippen LogP contribution in [-0.2, 0) is 16.0 Å². The van der Waals surface area contributed by atoms with E-state index in [9.17, 15) is 9.59 Å². The molecule has 21 heavy (non-hydrogen) atoms. The van der Waals surface area contributed by atoms with Gasteiger partial charge in [0.2, 0.25) is 11.8 Å². The first-order valence-electron chi connectivity index (χ1n) is 8.03. The van der Waals surface area contributed by atoms with Gasteiger partial charge in [-0.05, 0) is 36.2 Å². The molecule has 1 aliphatic carbocycles. The maximum Gasteiger partial charge on any atom is 0.230 e. The largest absolute Gasteiger partial charge is 0.296 e. The van der Waals surface area contributed by atoms with Crippen molar-refractivity contribution in [3.63, 3.8) is 0 Å². The Morgan fingerprint density at radius 3 is 2.71 bits per heavy atom. The van der Waals surface area contributed by atoms with E-state index >= 15 is 0 Å². The van der Waals surface area contributed by atoms with E-state index in [1.165, 1.54) is 5.56 Å². The lowest BCUT2D eigenvalue weighted by Gasteiger charge is -2.44. The SMILES string of the molecule is CCC1CCCC12CC(=O)NC(=O)C2Cc1ccccc1. The second-order valence-electron chi connectivity index (χ2n) is 6.56. The fourth-order valence-electron chi connectivity index (χ4n) is 4.57. The maximum absolute atomic E-state index is 12.5. The number of amides is 2. The number of benzene rings is 1. The number of carbonyl (C=O) groups is 2. The molecule has 0 bridgehead atoms. The molecule has 2 aliphatic rings. The number of hydrogen-bond acceptors (Lipinski definition) is 2. The number of nitrogens with one attached hydrogen (secondary N) is 1. The molecule has 1 saturated heterocycles. The van der Waals surface area contributed by atoms with Crippen LogP contribution >= 0.6 is 0 Å². The van der Waals surface area contributed by atoms with Crippen molar-refractivity contribution in [2.24, 2.45) is 17.3 Å². The number of carbonyl (C=O) groups excluding carboxylic acids is 2. The van der Waals surface area contributed by atoms with E-state index in [0.29, 0.717) is 12.3 Å². The van der Waals surface area contributed by atoms with Crippen molar-refractivity contribution in [2.75, 3.05) is 0 Å². The van der Waals surface area contributed by atoms with Crippen molar-refractivity contribution >= 4 is 11.8 Å². The second-order valence-corrected chi connectivity index (χ2v) is 6.56. The number of piperidine rings is 1. The van der Waals surface area contributed by atoms with E-state index in [2.05, 4.69) is 24.4 Å². The fraction of sp³-hybridized carbons (Fsp3) is 0.556. The van der Waals surface area contributed by atoms with E-state index in [1.54, 1.807) is 0 Å². The third-order valence-electron chi connectivity index (χ3n) is 5.55. The van der Waals surface area contributed by atoms with Gasteiger partial charge in [-0.3, -0.25) is 14.9 Å². The molecule has 3 rings (SSSR count). The molecule has 1 saturated carbocycles. The second kappa shape index (κ2) is 5.63. The first-order chi connectivity index (χ1) is 10.2. The van der Waals surface area contributed by atoms with Gasteiger partial charge in [0, 0.05) is 12.3 Å². The topological polar surface area (TPSA) is 46.2 Å². The van der Waals surface area contributed by atoms with E-state index in [1.807, 2.05) is 18.2 Å². The van der Waals surface area contributed by atoms with Crippen molar-refractivity contribution in [2.45, 2.75) is 45.4 Å². The van der Waals surface area contributed by atoms with Crippen molar-refractivity contribution in [3.05, 3.63) is 35.9 Å².